The van der Waals surface area contributed by atoms with Gasteiger partial charge in [-0.05, 0) is 23.5 Å². The number of para-hydroxylation sites is 1. The van der Waals surface area contributed by atoms with Crippen LogP contribution in [0.2, 0.25) is 0 Å². The first-order chi connectivity index (χ1) is 10.6. The predicted octanol–water partition coefficient (Wildman–Crippen LogP) is 3.71. The van der Waals surface area contributed by atoms with Gasteiger partial charge in [-0.1, -0.05) is 39.0 Å². The molecule has 0 aliphatic carbocycles. The van der Waals surface area contributed by atoms with Gasteiger partial charge in [-0.2, -0.15) is 0 Å². The van der Waals surface area contributed by atoms with Crippen LogP contribution in [0.3, 0.4) is 0 Å². The van der Waals surface area contributed by atoms with Crippen molar-refractivity contribution in [2.75, 3.05) is 16.8 Å². The van der Waals surface area contributed by atoms with E-state index in [-0.39, 0.29) is 11.6 Å². The Kier molecular flexibility index (Phi) is 2.74. The van der Waals surface area contributed by atoms with Gasteiger partial charge in [-0.15, -0.1) is 0 Å². The summed E-state index contributed by atoms with van der Waals surface area (Å²) < 4.78 is 0. The van der Waals surface area contributed by atoms with Gasteiger partial charge in [0.25, 0.3) is 0 Å². The van der Waals surface area contributed by atoms with Crippen LogP contribution in [0.1, 0.15) is 32.8 Å². The highest BCUT2D eigenvalue weighted by atomic mass is 15.5. The lowest BCUT2D eigenvalue weighted by molar-refractivity contribution is 0.245. The number of fused-ring (bicyclic) bond motifs is 5. The molecule has 1 aromatic heterocycles. The lowest BCUT2D eigenvalue weighted by Gasteiger charge is -2.50. The van der Waals surface area contributed by atoms with Crippen LogP contribution in [-0.2, 0) is 5.41 Å². The largest absolute Gasteiger partial charge is 0.335 e. The SMILES string of the molecule is CCC1C2N(C)c3nccnc3N2c2ccccc2C1(C)C. The fourth-order valence-electron chi connectivity index (χ4n) is 4.39. The number of hydrogen-bond donors (Lipinski definition) is 0. The minimum Gasteiger partial charge on any atom is -0.335 e. The first kappa shape index (κ1) is 13.6. The molecule has 0 N–H and O–H groups in total. The smallest absolute Gasteiger partial charge is 0.178 e. The second-order valence-electron chi connectivity index (χ2n) is 6.85. The van der Waals surface area contributed by atoms with Crippen molar-refractivity contribution in [3.63, 3.8) is 0 Å². The van der Waals surface area contributed by atoms with Crippen molar-refractivity contribution >= 4 is 17.3 Å². The fraction of sp³-hybridized carbons (Fsp3) is 0.444. The molecule has 2 atom stereocenters. The molecular weight excluding hydrogens is 272 g/mol. The standard InChI is InChI=1S/C18H22N4/c1-5-12-17-21(4)15-16(20-11-10-19-15)22(17)14-9-7-6-8-13(14)18(12,2)3/h6-12,17H,5H2,1-4H3. The second-order valence-corrected chi connectivity index (χ2v) is 6.85. The van der Waals surface area contributed by atoms with E-state index in [1.54, 1.807) is 12.4 Å². The highest BCUT2D eigenvalue weighted by molar-refractivity contribution is 5.81. The molecule has 4 rings (SSSR count). The Hall–Kier alpha value is -2.10. The topological polar surface area (TPSA) is 32.3 Å². The summed E-state index contributed by atoms with van der Waals surface area (Å²) in [5.74, 6) is 2.48. The lowest BCUT2D eigenvalue weighted by atomic mass is 9.67. The number of aromatic nitrogens is 2. The van der Waals surface area contributed by atoms with Gasteiger partial charge in [0.2, 0.25) is 0 Å². The highest BCUT2D eigenvalue weighted by Gasteiger charge is 2.51. The monoisotopic (exact) mass is 294 g/mol. The van der Waals surface area contributed by atoms with Gasteiger partial charge in [-0.25, -0.2) is 9.97 Å². The summed E-state index contributed by atoms with van der Waals surface area (Å²) in [6.45, 7) is 7.03. The summed E-state index contributed by atoms with van der Waals surface area (Å²) in [7, 11) is 2.14. The van der Waals surface area contributed by atoms with Crippen molar-refractivity contribution in [2.45, 2.75) is 38.8 Å². The molecule has 0 bridgehead atoms. The molecule has 4 nitrogen and oxygen atoms in total. The summed E-state index contributed by atoms with van der Waals surface area (Å²) in [4.78, 5) is 13.9. The van der Waals surface area contributed by atoms with Crippen molar-refractivity contribution in [3.05, 3.63) is 42.2 Å². The van der Waals surface area contributed by atoms with E-state index in [1.165, 1.54) is 11.3 Å². The van der Waals surface area contributed by atoms with Crippen molar-refractivity contribution in [1.82, 2.24) is 9.97 Å². The lowest BCUT2D eigenvalue weighted by Crippen LogP contribution is -2.54. The molecule has 0 saturated heterocycles. The molecule has 2 aliphatic heterocycles. The third-order valence-corrected chi connectivity index (χ3v) is 5.47. The van der Waals surface area contributed by atoms with Crippen LogP contribution in [0.4, 0.5) is 17.3 Å². The van der Waals surface area contributed by atoms with Crippen molar-refractivity contribution in [2.24, 2.45) is 5.92 Å². The van der Waals surface area contributed by atoms with Crippen LogP contribution >= 0.6 is 0 Å². The number of benzene rings is 1. The predicted molar refractivity (Wildman–Crippen MR) is 89.6 cm³/mol. The van der Waals surface area contributed by atoms with Crippen LogP contribution in [0.15, 0.2) is 36.7 Å². The third-order valence-electron chi connectivity index (χ3n) is 5.47. The molecule has 0 saturated carbocycles. The second kappa shape index (κ2) is 4.45. The number of hydrogen-bond acceptors (Lipinski definition) is 4. The van der Waals surface area contributed by atoms with Gasteiger partial charge < -0.3 is 9.80 Å². The number of nitrogens with zero attached hydrogens (tertiary/aromatic N) is 4. The summed E-state index contributed by atoms with van der Waals surface area (Å²) >= 11 is 0. The van der Waals surface area contributed by atoms with E-state index in [1.807, 2.05) is 0 Å². The van der Waals surface area contributed by atoms with Crippen LogP contribution in [0.25, 0.3) is 0 Å². The van der Waals surface area contributed by atoms with Crippen molar-refractivity contribution in [1.29, 1.82) is 0 Å². The van der Waals surface area contributed by atoms with E-state index in [0.29, 0.717) is 5.92 Å². The molecule has 2 unspecified atom stereocenters. The number of anilines is 3. The molecular formula is C18H22N4. The normalized spacial score (nSPS) is 24.7. The van der Waals surface area contributed by atoms with Gasteiger partial charge in [0, 0.05) is 31.0 Å². The zero-order valence-corrected chi connectivity index (χ0v) is 13.6. The molecule has 114 valence electrons. The third kappa shape index (κ3) is 1.52. The molecule has 2 aliphatic rings. The first-order valence-electron chi connectivity index (χ1n) is 8.00. The van der Waals surface area contributed by atoms with Gasteiger partial charge in [-0.3, -0.25) is 0 Å². The minimum atomic E-state index is 0.128. The highest BCUT2D eigenvalue weighted by Crippen LogP contribution is 2.54. The van der Waals surface area contributed by atoms with E-state index in [9.17, 15) is 0 Å². The molecule has 4 heteroatoms. The number of rotatable bonds is 1. The Balaban J connectivity index is 2.01. The maximum absolute atomic E-state index is 4.63. The van der Waals surface area contributed by atoms with Crippen molar-refractivity contribution < 1.29 is 0 Å². The molecule has 22 heavy (non-hydrogen) atoms. The van der Waals surface area contributed by atoms with E-state index < -0.39 is 0 Å². The fourth-order valence-corrected chi connectivity index (χ4v) is 4.39. The van der Waals surface area contributed by atoms with Crippen LogP contribution in [0, 0.1) is 5.92 Å². The molecule has 0 amide bonds. The molecule has 2 aromatic rings. The molecule has 1 aromatic carbocycles. The molecule has 3 heterocycles. The van der Waals surface area contributed by atoms with Crippen molar-refractivity contribution in [3.8, 4) is 0 Å². The van der Waals surface area contributed by atoms with Crippen LogP contribution in [-0.4, -0.2) is 23.2 Å². The maximum Gasteiger partial charge on any atom is 0.178 e. The first-order valence-corrected chi connectivity index (χ1v) is 8.00. The summed E-state index contributed by atoms with van der Waals surface area (Å²) in [6.07, 6.45) is 4.98. The summed E-state index contributed by atoms with van der Waals surface area (Å²) in [5, 5.41) is 0. The maximum atomic E-state index is 4.63. The van der Waals surface area contributed by atoms with E-state index in [2.05, 4.69) is 71.9 Å². The van der Waals surface area contributed by atoms with E-state index >= 15 is 0 Å². The molecule has 0 fully saturated rings. The summed E-state index contributed by atoms with van der Waals surface area (Å²) in [6, 6.07) is 8.74. The zero-order valence-electron chi connectivity index (χ0n) is 13.6. The average Bonchev–Trinajstić information content (AvgIpc) is 2.82. The van der Waals surface area contributed by atoms with Crippen LogP contribution in [0.5, 0.6) is 0 Å². The Morgan fingerprint density at radius 1 is 1.09 bits per heavy atom. The van der Waals surface area contributed by atoms with Gasteiger partial charge in [0.05, 0.1) is 0 Å². The van der Waals surface area contributed by atoms with Gasteiger partial charge in [0.1, 0.15) is 6.17 Å². The average molecular weight is 294 g/mol. The Morgan fingerprint density at radius 2 is 1.77 bits per heavy atom. The zero-order chi connectivity index (χ0) is 15.5. The van der Waals surface area contributed by atoms with Gasteiger partial charge in [0.15, 0.2) is 11.6 Å². The Bertz CT molecular complexity index is 725. The molecule has 0 spiro atoms. The Labute approximate surface area is 131 Å². The van der Waals surface area contributed by atoms with E-state index in [0.717, 1.165) is 18.1 Å². The summed E-state index contributed by atoms with van der Waals surface area (Å²) in [5.41, 5.74) is 2.81. The van der Waals surface area contributed by atoms with Crippen LogP contribution < -0.4 is 9.80 Å². The van der Waals surface area contributed by atoms with Gasteiger partial charge >= 0.3 is 0 Å². The minimum absolute atomic E-state index is 0.128. The van der Waals surface area contributed by atoms with E-state index in [4.69, 9.17) is 0 Å². The Morgan fingerprint density at radius 3 is 2.50 bits per heavy atom. The quantitative estimate of drug-likeness (QED) is 0.802. The molecule has 0 radical (unpaired) electrons.